The van der Waals surface area contributed by atoms with E-state index in [2.05, 4.69) is 36.5 Å². The van der Waals surface area contributed by atoms with Crippen molar-refractivity contribution in [3.63, 3.8) is 0 Å². The van der Waals surface area contributed by atoms with Gasteiger partial charge in [0.2, 0.25) is 0 Å². The van der Waals surface area contributed by atoms with Crippen LogP contribution in [0, 0.1) is 6.08 Å². The molecular formula is C12H15. The average molecular weight is 159 g/mol. The highest BCUT2D eigenvalue weighted by Gasteiger charge is 1.80. The minimum Gasteiger partial charge on any atom is -0.0882 e. The Morgan fingerprint density at radius 2 is 1.83 bits per heavy atom. The molecule has 0 nitrogen and oxygen atoms in total. The summed E-state index contributed by atoms with van der Waals surface area (Å²) in [6.07, 6.45) is 22.5. The lowest BCUT2D eigenvalue weighted by molar-refractivity contribution is 0.866. The van der Waals surface area contributed by atoms with Crippen LogP contribution in [0.3, 0.4) is 0 Å². The SMILES string of the molecule is [C]1=C\C=C\CCC/C=C/C/C=C/1. The van der Waals surface area contributed by atoms with Gasteiger partial charge >= 0.3 is 0 Å². The molecule has 1 aliphatic rings. The minimum atomic E-state index is 1.03. The molecule has 63 valence electrons. The molecule has 1 aliphatic carbocycles. The molecule has 0 spiro atoms. The first-order valence-corrected chi connectivity index (χ1v) is 4.54. The van der Waals surface area contributed by atoms with E-state index in [1.807, 2.05) is 12.2 Å². The molecular weight excluding hydrogens is 144 g/mol. The first kappa shape index (κ1) is 9.05. The van der Waals surface area contributed by atoms with Gasteiger partial charge in [-0.15, -0.1) is 0 Å². The highest BCUT2D eigenvalue weighted by molar-refractivity contribution is 5.07. The zero-order chi connectivity index (χ0) is 8.49. The molecule has 0 unspecified atom stereocenters. The van der Waals surface area contributed by atoms with Gasteiger partial charge in [0.25, 0.3) is 0 Å². The van der Waals surface area contributed by atoms with Gasteiger partial charge < -0.3 is 0 Å². The van der Waals surface area contributed by atoms with Gasteiger partial charge in [-0.1, -0.05) is 42.5 Å². The van der Waals surface area contributed by atoms with Gasteiger partial charge in [-0.05, 0) is 31.8 Å². The van der Waals surface area contributed by atoms with Crippen molar-refractivity contribution in [1.29, 1.82) is 0 Å². The van der Waals surface area contributed by atoms with Gasteiger partial charge in [0.15, 0.2) is 0 Å². The lowest BCUT2D eigenvalue weighted by Crippen LogP contribution is -1.70. The van der Waals surface area contributed by atoms with Crippen molar-refractivity contribution in [3.8, 4) is 0 Å². The van der Waals surface area contributed by atoms with Gasteiger partial charge in [-0.3, -0.25) is 0 Å². The normalized spacial score (nSPS) is 29.3. The minimum absolute atomic E-state index is 1.03. The van der Waals surface area contributed by atoms with Crippen LogP contribution in [-0.2, 0) is 0 Å². The molecule has 0 fully saturated rings. The Morgan fingerprint density at radius 1 is 0.917 bits per heavy atom. The van der Waals surface area contributed by atoms with Crippen molar-refractivity contribution < 1.29 is 0 Å². The van der Waals surface area contributed by atoms with Gasteiger partial charge in [-0.2, -0.15) is 0 Å². The molecule has 0 aromatic carbocycles. The molecule has 0 N–H and O–H groups in total. The Kier molecular flexibility index (Phi) is 5.02. The van der Waals surface area contributed by atoms with Crippen molar-refractivity contribution in [1.82, 2.24) is 0 Å². The fourth-order valence-corrected chi connectivity index (χ4v) is 1.06. The molecule has 0 amide bonds. The van der Waals surface area contributed by atoms with Crippen LogP contribution in [0.1, 0.15) is 25.7 Å². The molecule has 0 aromatic rings. The Hall–Kier alpha value is -1.04. The second-order valence-corrected chi connectivity index (χ2v) is 2.80. The molecule has 0 heteroatoms. The van der Waals surface area contributed by atoms with E-state index in [1.165, 1.54) is 19.3 Å². The van der Waals surface area contributed by atoms with Crippen LogP contribution in [0.15, 0.2) is 42.5 Å². The van der Waals surface area contributed by atoms with E-state index in [9.17, 15) is 0 Å². The fourth-order valence-electron chi connectivity index (χ4n) is 1.06. The van der Waals surface area contributed by atoms with Crippen LogP contribution in [0.25, 0.3) is 0 Å². The molecule has 12 heavy (non-hydrogen) atoms. The van der Waals surface area contributed by atoms with E-state index in [-0.39, 0.29) is 0 Å². The second kappa shape index (κ2) is 6.66. The van der Waals surface area contributed by atoms with Crippen molar-refractivity contribution in [3.05, 3.63) is 48.6 Å². The van der Waals surface area contributed by atoms with Gasteiger partial charge in [-0.25, -0.2) is 0 Å². The number of hydrogen-bond donors (Lipinski definition) is 0. The number of allylic oxidation sites excluding steroid dienone is 8. The summed E-state index contributed by atoms with van der Waals surface area (Å²) < 4.78 is 0. The Bertz CT molecular complexity index is 204. The third kappa shape index (κ3) is 4.73. The Balaban J connectivity index is 2.42. The van der Waals surface area contributed by atoms with Crippen LogP contribution in [0.2, 0.25) is 0 Å². The highest BCUT2D eigenvalue weighted by atomic mass is 13.9. The first-order valence-electron chi connectivity index (χ1n) is 4.54. The topological polar surface area (TPSA) is 0 Å². The van der Waals surface area contributed by atoms with Crippen molar-refractivity contribution in [2.75, 3.05) is 0 Å². The second-order valence-electron chi connectivity index (χ2n) is 2.80. The van der Waals surface area contributed by atoms with Crippen molar-refractivity contribution in [2.24, 2.45) is 0 Å². The third-order valence-electron chi connectivity index (χ3n) is 1.72. The molecule has 0 bridgehead atoms. The van der Waals surface area contributed by atoms with Crippen LogP contribution in [0.5, 0.6) is 0 Å². The average Bonchev–Trinajstić information content (AvgIpc) is 2.05. The molecule has 0 atom stereocenters. The summed E-state index contributed by atoms with van der Waals surface area (Å²) in [7, 11) is 0. The molecule has 0 aliphatic heterocycles. The summed E-state index contributed by atoms with van der Waals surface area (Å²) in [6.45, 7) is 0. The Morgan fingerprint density at radius 3 is 2.83 bits per heavy atom. The zero-order valence-electron chi connectivity index (χ0n) is 7.37. The fraction of sp³-hybridized carbons (Fsp3) is 0.333. The van der Waals surface area contributed by atoms with Crippen molar-refractivity contribution >= 4 is 0 Å². The molecule has 0 saturated heterocycles. The molecule has 0 saturated carbocycles. The van der Waals surface area contributed by atoms with E-state index >= 15 is 0 Å². The summed E-state index contributed by atoms with van der Waals surface area (Å²) in [5.41, 5.74) is 0. The standard InChI is InChI=1S/C12H15/c1-2-4-6-8-10-12-11-9-7-5-3-1/h1-3,7,9-10,12H,4,6,8,11H2/b2-1+,5-3?,9-7+,12-10+. The predicted molar refractivity (Wildman–Crippen MR) is 53.7 cm³/mol. The van der Waals surface area contributed by atoms with Crippen LogP contribution < -0.4 is 0 Å². The van der Waals surface area contributed by atoms with E-state index in [4.69, 9.17) is 0 Å². The van der Waals surface area contributed by atoms with Gasteiger partial charge in [0.05, 0.1) is 0 Å². The maximum absolute atomic E-state index is 3.08. The third-order valence-corrected chi connectivity index (χ3v) is 1.72. The van der Waals surface area contributed by atoms with Gasteiger partial charge in [0, 0.05) is 0 Å². The van der Waals surface area contributed by atoms with Crippen molar-refractivity contribution in [2.45, 2.75) is 25.7 Å². The summed E-state index contributed by atoms with van der Waals surface area (Å²) in [5, 5.41) is 0. The van der Waals surface area contributed by atoms with Crippen LogP contribution in [0.4, 0.5) is 0 Å². The summed E-state index contributed by atoms with van der Waals surface area (Å²) in [5.74, 6) is 0. The number of hydrogen-bond acceptors (Lipinski definition) is 0. The van der Waals surface area contributed by atoms with E-state index in [0.29, 0.717) is 0 Å². The summed E-state index contributed by atoms with van der Waals surface area (Å²) in [6, 6.07) is 0. The maximum atomic E-state index is 3.08. The highest BCUT2D eigenvalue weighted by Crippen LogP contribution is 2.00. The molecule has 1 radical (unpaired) electrons. The predicted octanol–water partition coefficient (Wildman–Crippen LogP) is 3.59. The van der Waals surface area contributed by atoms with E-state index in [0.717, 1.165) is 6.42 Å². The quantitative estimate of drug-likeness (QED) is 0.474. The molecule has 0 aromatic heterocycles. The van der Waals surface area contributed by atoms with E-state index in [1.54, 1.807) is 0 Å². The monoisotopic (exact) mass is 159 g/mol. The smallest absolute Gasteiger partial charge is 0.0166 e. The largest absolute Gasteiger partial charge is 0.0882 e. The summed E-state index contributed by atoms with van der Waals surface area (Å²) in [4.78, 5) is 0. The zero-order valence-corrected chi connectivity index (χ0v) is 7.37. The Labute approximate surface area is 75.0 Å². The first-order chi connectivity index (χ1) is 6.00. The molecule has 1 rings (SSSR count). The maximum Gasteiger partial charge on any atom is -0.0166 e. The van der Waals surface area contributed by atoms with Crippen LogP contribution in [-0.4, -0.2) is 0 Å². The van der Waals surface area contributed by atoms with Crippen LogP contribution >= 0.6 is 0 Å². The lowest BCUT2D eigenvalue weighted by Gasteiger charge is -1.90. The van der Waals surface area contributed by atoms with E-state index < -0.39 is 0 Å². The molecule has 0 heterocycles. The van der Waals surface area contributed by atoms with Gasteiger partial charge in [0.1, 0.15) is 0 Å². The number of rotatable bonds is 0. The lowest BCUT2D eigenvalue weighted by atomic mass is 10.2. The summed E-state index contributed by atoms with van der Waals surface area (Å²) >= 11 is 0.